The minimum absolute atomic E-state index is 0.137. The van der Waals surface area contributed by atoms with Gasteiger partial charge in [-0.1, -0.05) is 0 Å². The number of rotatable bonds is 5. The molecule has 0 spiro atoms. The van der Waals surface area contributed by atoms with Gasteiger partial charge in [-0.25, -0.2) is 9.97 Å². The van der Waals surface area contributed by atoms with Crippen molar-refractivity contribution in [3.8, 4) is 6.07 Å². The molecule has 1 unspecified atom stereocenters. The Labute approximate surface area is 144 Å². The number of thiazole rings is 1. The monoisotopic (exact) mass is 393 g/mol. The molecule has 1 aliphatic rings. The Morgan fingerprint density at radius 1 is 1.52 bits per heavy atom. The Balaban J connectivity index is 1.68. The van der Waals surface area contributed by atoms with Crippen LogP contribution in [0.5, 0.6) is 0 Å². The van der Waals surface area contributed by atoms with Crippen LogP contribution in [0.3, 0.4) is 0 Å². The van der Waals surface area contributed by atoms with E-state index in [-0.39, 0.29) is 18.5 Å². The zero-order valence-electron chi connectivity index (χ0n) is 11.9. The van der Waals surface area contributed by atoms with Gasteiger partial charge in [-0.05, 0) is 34.8 Å². The summed E-state index contributed by atoms with van der Waals surface area (Å²) < 4.78 is 1.59. The number of fused-ring (bicyclic) bond motifs is 1. The summed E-state index contributed by atoms with van der Waals surface area (Å²) in [5.74, 6) is -1.83. The first kappa shape index (κ1) is 15.8. The fourth-order valence-corrected chi connectivity index (χ4v) is 3.43. The van der Waals surface area contributed by atoms with Crippen LogP contribution in [0.2, 0.25) is 0 Å². The molecular weight excluding hydrogens is 382 g/mol. The zero-order chi connectivity index (χ0) is 16.4. The van der Waals surface area contributed by atoms with Crippen molar-refractivity contribution in [1.29, 1.82) is 5.26 Å². The van der Waals surface area contributed by atoms with Crippen molar-refractivity contribution < 1.29 is 9.59 Å². The molecule has 1 saturated carbocycles. The number of carbonyl (C=O) groups excluding carboxylic acids is 2. The highest BCUT2D eigenvalue weighted by Gasteiger charge is 2.26. The Kier molecular flexibility index (Phi) is 4.54. The van der Waals surface area contributed by atoms with Crippen molar-refractivity contribution in [2.45, 2.75) is 24.8 Å². The lowest BCUT2D eigenvalue weighted by Crippen LogP contribution is -2.39. The van der Waals surface area contributed by atoms with E-state index in [0.29, 0.717) is 10.7 Å². The third-order valence-electron chi connectivity index (χ3n) is 3.23. The lowest BCUT2D eigenvalue weighted by atomic mass is 10.1. The van der Waals surface area contributed by atoms with E-state index in [4.69, 9.17) is 0 Å². The number of nitrogens with zero attached hydrogens (tertiary/aromatic N) is 3. The van der Waals surface area contributed by atoms with E-state index in [1.165, 1.54) is 11.3 Å². The number of halogens is 1. The van der Waals surface area contributed by atoms with E-state index in [0.717, 1.165) is 22.0 Å². The van der Waals surface area contributed by atoms with Crippen molar-refractivity contribution in [3.63, 3.8) is 0 Å². The Morgan fingerprint density at radius 3 is 3.00 bits per heavy atom. The number of aromatic nitrogens is 2. The van der Waals surface area contributed by atoms with E-state index in [1.54, 1.807) is 6.20 Å². The SMILES string of the molecule is N#CC(C(=O)NCC(=O)NC1CC1)c1nc2ncc(Br)cc2s1. The van der Waals surface area contributed by atoms with Crippen LogP contribution in [-0.2, 0) is 9.59 Å². The molecule has 0 radical (unpaired) electrons. The van der Waals surface area contributed by atoms with Gasteiger partial charge in [0, 0.05) is 16.7 Å². The number of hydrogen-bond acceptors (Lipinski definition) is 6. The van der Waals surface area contributed by atoms with Crippen molar-refractivity contribution in [3.05, 3.63) is 21.7 Å². The van der Waals surface area contributed by atoms with E-state index in [9.17, 15) is 14.9 Å². The second-order valence-electron chi connectivity index (χ2n) is 5.15. The molecule has 3 rings (SSSR count). The summed E-state index contributed by atoms with van der Waals surface area (Å²) in [6.07, 6.45) is 3.57. The molecule has 2 N–H and O–H groups in total. The average Bonchev–Trinajstić information content (AvgIpc) is 3.23. The normalized spacial score (nSPS) is 15.0. The van der Waals surface area contributed by atoms with Crippen LogP contribution in [-0.4, -0.2) is 34.4 Å². The number of nitriles is 1. The van der Waals surface area contributed by atoms with Gasteiger partial charge in [-0.2, -0.15) is 5.26 Å². The molecule has 2 aromatic heterocycles. The molecule has 2 amide bonds. The van der Waals surface area contributed by atoms with Crippen LogP contribution < -0.4 is 10.6 Å². The molecule has 2 heterocycles. The molecule has 1 fully saturated rings. The predicted molar refractivity (Wildman–Crippen MR) is 87.6 cm³/mol. The smallest absolute Gasteiger partial charge is 0.244 e. The third-order valence-corrected chi connectivity index (χ3v) is 4.72. The maximum absolute atomic E-state index is 12.1. The van der Waals surface area contributed by atoms with Crippen molar-refractivity contribution in [1.82, 2.24) is 20.6 Å². The van der Waals surface area contributed by atoms with E-state index >= 15 is 0 Å². The summed E-state index contributed by atoms with van der Waals surface area (Å²) in [4.78, 5) is 32.1. The highest BCUT2D eigenvalue weighted by molar-refractivity contribution is 9.10. The van der Waals surface area contributed by atoms with Crippen LogP contribution in [0, 0.1) is 11.3 Å². The lowest BCUT2D eigenvalue weighted by Gasteiger charge is -2.08. The van der Waals surface area contributed by atoms with Crippen LogP contribution in [0.4, 0.5) is 0 Å². The summed E-state index contributed by atoms with van der Waals surface area (Å²) in [5, 5.41) is 14.9. The van der Waals surface area contributed by atoms with Gasteiger partial charge in [0.25, 0.3) is 0 Å². The van der Waals surface area contributed by atoms with Gasteiger partial charge in [0.05, 0.1) is 17.3 Å². The predicted octanol–water partition coefficient (Wildman–Crippen LogP) is 1.46. The number of nitrogens with one attached hydrogen (secondary N) is 2. The first-order valence-electron chi connectivity index (χ1n) is 6.95. The maximum Gasteiger partial charge on any atom is 0.244 e. The number of carbonyl (C=O) groups is 2. The Bertz CT molecular complexity index is 811. The largest absolute Gasteiger partial charge is 0.352 e. The van der Waals surface area contributed by atoms with Gasteiger partial charge in [-0.3, -0.25) is 9.59 Å². The van der Waals surface area contributed by atoms with Gasteiger partial charge in [0.15, 0.2) is 11.6 Å². The summed E-state index contributed by atoms with van der Waals surface area (Å²) in [5.41, 5.74) is 0.493. The van der Waals surface area contributed by atoms with E-state index in [1.807, 2.05) is 12.1 Å². The molecule has 2 aromatic rings. The molecule has 0 aromatic carbocycles. The molecule has 1 atom stereocenters. The van der Waals surface area contributed by atoms with Crippen molar-refractivity contribution in [2.75, 3.05) is 6.54 Å². The summed E-state index contributed by atoms with van der Waals surface area (Å²) in [7, 11) is 0. The van der Waals surface area contributed by atoms with E-state index in [2.05, 4.69) is 36.5 Å². The molecular formula is C14H12BrN5O2S. The Morgan fingerprint density at radius 2 is 2.30 bits per heavy atom. The molecule has 23 heavy (non-hydrogen) atoms. The second-order valence-corrected chi connectivity index (χ2v) is 7.13. The fraction of sp³-hybridized carbons (Fsp3) is 0.357. The van der Waals surface area contributed by atoms with Crippen LogP contribution in [0.1, 0.15) is 23.8 Å². The van der Waals surface area contributed by atoms with Crippen LogP contribution >= 0.6 is 27.3 Å². The first-order chi connectivity index (χ1) is 11.1. The molecule has 7 nitrogen and oxygen atoms in total. The highest BCUT2D eigenvalue weighted by atomic mass is 79.9. The zero-order valence-corrected chi connectivity index (χ0v) is 14.3. The topological polar surface area (TPSA) is 108 Å². The number of amides is 2. The highest BCUT2D eigenvalue weighted by Crippen LogP contribution is 2.28. The third kappa shape index (κ3) is 3.83. The second kappa shape index (κ2) is 6.60. The molecule has 1 aliphatic carbocycles. The van der Waals surface area contributed by atoms with Gasteiger partial charge < -0.3 is 10.6 Å². The van der Waals surface area contributed by atoms with Crippen molar-refractivity contribution >= 4 is 49.4 Å². The van der Waals surface area contributed by atoms with Crippen LogP contribution in [0.15, 0.2) is 16.7 Å². The standard InChI is InChI=1S/C14H12BrN5O2S/c15-7-3-10-12(17-5-7)20-14(23-10)9(4-16)13(22)18-6-11(21)19-8-1-2-8/h3,5,8-9H,1-2,6H2,(H,18,22)(H,19,21). The molecule has 0 saturated heterocycles. The first-order valence-corrected chi connectivity index (χ1v) is 8.56. The summed E-state index contributed by atoms with van der Waals surface area (Å²) in [6.45, 7) is -0.137. The van der Waals surface area contributed by atoms with Gasteiger partial charge >= 0.3 is 0 Å². The summed E-state index contributed by atoms with van der Waals surface area (Å²) >= 11 is 4.56. The molecule has 0 bridgehead atoms. The molecule has 9 heteroatoms. The summed E-state index contributed by atoms with van der Waals surface area (Å²) in [6, 6.07) is 4.00. The van der Waals surface area contributed by atoms with E-state index < -0.39 is 11.8 Å². The lowest BCUT2D eigenvalue weighted by molar-refractivity contribution is -0.126. The number of pyridine rings is 1. The number of hydrogen-bond donors (Lipinski definition) is 2. The van der Waals surface area contributed by atoms with Gasteiger partial charge in [0.1, 0.15) is 5.01 Å². The van der Waals surface area contributed by atoms with Crippen LogP contribution in [0.25, 0.3) is 10.3 Å². The fourth-order valence-electron chi connectivity index (χ4n) is 1.94. The maximum atomic E-state index is 12.1. The minimum atomic E-state index is -1.05. The molecule has 0 aliphatic heterocycles. The van der Waals surface area contributed by atoms with Crippen molar-refractivity contribution in [2.24, 2.45) is 0 Å². The minimum Gasteiger partial charge on any atom is -0.352 e. The Hall–Kier alpha value is -2.05. The quantitative estimate of drug-likeness (QED) is 0.798. The van der Waals surface area contributed by atoms with Gasteiger partial charge in [-0.15, -0.1) is 11.3 Å². The average molecular weight is 394 g/mol. The van der Waals surface area contributed by atoms with Gasteiger partial charge in [0.2, 0.25) is 11.8 Å². The molecule has 118 valence electrons.